The second kappa shape index (κ2) is 15.5. The number of nitrogens with one attached hydrogen (secondary N) is 2. The zero-order valence-electron chi connectivity index (χ0n) is 25.7. The monoisotopic (exact) mass is 730 g/mol. The largest absolute Gasteiger partial charge is 0.524 e. The number of benzene rings is 2. The molecule has 3 fully saturated rings. The number of halogens is 1. The Balaban J connectivity index is 1.29. The minimum atomic E-state index is -5.18. The third kappa shape index (κ3) is 8.66. The Morgan fingerprint density at radius 2 is 1.73 bits per heavy atom. The van der Waals surface area contributed by atoms with Gasteiger partial charge in [-0.1, -0.05) is 29.8 Å². The van der Waals surface area contributed by atoms with Crippen LogP contribution >= 0.6 is 19.4 Å². The van der Waals surface area contributed by atoms with Crippen LogP contribution in [-0.2, 0) is 34.9 Å². The van der Waals surface area contributed by atoms with Crippen LogP contribution in [-0.4, -0.2) is 122 Å². The number of aliphatic hydroxyl groups is 5. The van der Waals surface area contributed by atoms with Crippen molar-refractivity contribution >= 4 is 37.6 Å². The molecule has 1 aliphatic carbocycles. The highest BCUT2D eigenvalue weighted by Crippen LogP contribution is 2.43. The maximum atomic E-state index is 13.0. The predicted octanol–water partition coefficient (Wildman–Crippen LogP) is -0.402. The molecule has 0 radical (unpaired) electrons. The highest BCUT2D eigenvalue weighted by atomic mass is 35.5. The summed E-state index contributed by atoms with van der Waals surface area (Å²) in [5, 5.41) is 63.6. The van der Waals surface area contributed by atoms with Gasteiger partial charge in [-0.2, -0.15) is 0 Å². The Hall–Kier alpha value is -3.00. The van der Waals surface area contributed by atoms with E-state index >= 15 is 0 Å². The summed E-state index contributed by atoms with van der Waals surface area (Å²) in [6.07, 6.45) is -11.5. The summed E-state index contributed by atoms with van der Waals surface area (Å²) in [5.41, 5.74) is 0.882. The third-order valence-electron chi connectivity index (χ3n) is 8.15. The molecule has 11 unspecified atom stereocenters. The lowest BCUT2D eigenvalue weighted by atomic mass is 9.83. The third-order valence-corrected chi connectivity index (χ3v) is 8.82. The number of ether oxygens (including phenoxy) is 5. The lowest BCUT2D eigenvalue weighted by molar-refractivity contribution is -0.155. The van der Waals surface area contributed by atoms with Crippen molar-refractivity contribution in [2.24, 2.45) is 0 Å². The zero-order chi connectivity index (χ0) is 35.6. The molecule has 1 saturated carbocycles. The summed E-state index contributed by atoms with van der Waals surface area (Å²) in [5.74, 6) is -1.59. The maximum Gasteiger partial charge on any atom is 0.524 e. The molecule has 5 rings (SSSR count). The van der Waals surface area contributed by atoms with E-state index in [1.54, 1.807) is 24.3 Å². The summed E-state index contributed by atoms with van der Waals surface area (Å²) in [6.45, 7) is 1.18. The van der Waals surface area contributed by atoms with Crippen molar-refractivity contribution in [3.63, 3.8) is 0 Å². The minimum Gasteiger partial charge on any atom is -0.458 e. The Bertz CT molecular complexity index is 1590. The highest BCUT2D eigenvalue weighted by molar-refractivity contribution is 7.46. The van der Waals surface area contributed by atoms with E-state index in [-0.39, 0.29) is 30.3 Å². The second-order valence-electron chi connectivity index (χ2n) is 11.6. The number of fused-ring (bicyclic) bond motifs is 1. The Morgan fingerprint density at radius 3 is 2.41 bits per heavy atom. The molecular weight excluding hydrogens is 695 g/mol. The average Bonchev–Trinajstić information content (AvgIpc) is 3.64. The molecule has 0 bridgehead atoms. The van der Waals surface area contributed by atoms with E-state index in [4.69, 9.17) is 45.2 Å². The molecule has 2 aromatic rings. The molecule has 0 aromatic heterocycles. The number of hydrogen-bond donors (Lipinski definition) is 9. The molecule has 19 heteroatoms. The van der Waals surface area contributed by atoms with E-state index in [1.807, 2.05) is 0 Å². The van der Waals surface area contributed by atoms with E-state index in [0.717, 1.165) is 12.3 Å². The van der Waals surface area contributed by atoms with Crippen LogP contribution in [0.3, 0.4) is 0 Å². The lowest BCUT2D eigenvalue weighted by Crippen LogP contribution is -2.67. The number of hydrogen-bond acceptors (Lipinski definition) is 14. The Morgan fingerprint density at radius 1 is 1.02 bits per heavy atom. The van der Waals surface area contributed by atoms with Gasteiger partial charge in [0.2, 0.25) is 12.2 Å². The van der Waals surface area contributed by atoms with Crippen LogP contribution in [0.5, 0.6) is 11.5 Å². The number of phosphoric acid groups is 1. The van der Waals surface area contributed by atoms with Crippen molar-refractivity contribution in [2.75, 3.05) is 6.79 Å². The molecule has 11 atom stereocenters. The van der Waals surface area contributed by atoms with Gasteiger partial charge in [0.05, 0.1) is 12.6 Å². The van der Waals surface area contributed by atoms with Gasteiger partial charge in [0, 0.05) is 16.8 Å². The molecule has 3 aliphatic rings. The van der Waals surface area contributed by atoms with Gasteiger partial charge < -0.3 is 64.5 Å². The van der Waals surface area contributed by atoms with Gasteiger partial charge in [-0.05, 0) is 48.4 Å². The SMILES string of the molecule is C/C(=C/c1ccc(OC2OC(C(C=N)OCc3cccc(Cl)c3)C(O)C2O)c(OP(=O)(O)O)c1)C(=O)NC1C(O)C(O)C2OCOC2C1O. The van der Waals surface area contributed by atoms with Crippen molar-refractivity contribution in [1.82, 2.24) is 5.32 Å². The fourth-order valence-corrected chi connectivity index (χ4v) is 6.28. The summed E-state index contributed by atoms with van der Waals surface area (Å²) in [7, 11) is -5.18. The van der Waals surface area contributed by atoms with E-state index in [1.165, 1.54) is 25.1 Å². The fraction of sp³-hybridized carbons (Fsp3) is 0.467. The van der Waals surface area contributed by atoms with Crippen molar-refractivity contribution in [3.8, 4) is 11.5 Å². The normalized spacial score (nSPS) is 32.3. The summed E-state index contributed by atoms with van der Waals surface area (Å²) < 4.78 is 44.1. The molecule has 0 spiro atoms. The van der Waals surface area contributed by atoms with E-state index in [0.29, 0.717) is 10.6 Å². The van der Waals surface area contributed by atoms with Crippen molar-refractivity contribution < 1.29 is 72.9 Å². The van der Waals surface area contributed by atoms with Crippen LogP contribution in [0, 0.1) is 5.41 Å². The number of carbonyl (C=O) groups is 1. The van der Waals surface area contributed by atoms with Crippen LogP contribution in [0.4, 0.5) is 0 Å². The quantitative estimate of drug-likeness (QED) is 0.0764. The first-order valence-electron chi connectivity index (χ1n) is 14.9. The van der Waals surface area contributed by atoms with Gasteiger partial charge >= 0.3 is 7.82 Å². The maximum absolute atomic E-state index is 13.0. The van der Waals surface area contributed by atoms with Gasteiger partial charge in [0.1, 0.15) is 61.7 Å². The number of rotatable bonds is 12. The molecule has 49 heavy (non-hydrogen) atoms. The van der Waals surface area contributed by atoms with Gasteiger partial charge in [-0.15, -0.1) is 0 Å². The fourth-order valence-electron chi connectivity index (χ4n) is 5.67. The van der Waals surface area contributed by atoms with Crippen molar-refractivity contribution in [1.29, 1.82) is 5.41 Å². The first kappa shape index (κ1) is 37.3. The molecule has 2 aromatic carbocycles. The molecule has 1 amide bonds. The summed E-state index contributed by atoms with van der Waals surface area (Å²) in [6, 6.07) is 9.17. The molecule has 2 saturated heterocycles. The highest BCUT2D eigenvalue weighted by Gasteiger charge is 2.53. The number of carbonyl (C=O) groups excluding carboxylic acids is 1. The predicted molar refractivity (Wildman–Crippen MR) is 167 cm³/mol. The number of amides is 1. The van der Waals surface area contributed by atoms with Gasteiger partial charge in [0.15, 0.2) is 11.5 Å². The topological polar surface area (TPSA) is 267 Å². The molecule has 9 N–H and O–H groups in total. The average molecular weight is 731 g/mol. The van der Waals surface area contributed by atoms with Crippen LogP contribution in [0.25, 0.3) is 6.08 Å². The zero-order valence-corrected chi connectivity index (χ0v) is 27.3. The van der Waals surface area contributed by atoms with E-state index in [9.17, 15) is 44.7 Å². The molecule has 2 aliphatic heterocycles. The van der Waals surface area contributed by atoms with Gasteiger partial charge in [-0.25, -0.2) is 4.57 Å². The molecule has 2 heterocycles. The van der Waals surface area contributed by atoms with Crippen LogP contribution < -0.4 is 14.6 Å². The Labute approximate surface area is 284 Å². The van der Waals surface area contributed by atoms with Crippen LogP contribution in [0.2, 0.25) is 5.02 Å². The molecular formula is C30H36ClN2O15P. The van der Waals surface area contributed by atoms with Crippen LogP contribution in [0.1, 0.15) is 18.1 Å². The standard InChI is InChI=1S/C30H36ClN2O15P/c1-13(29(39)33-20-21(34)23(36)28-27(22(20)35)44-12-45-28)7-14-5-6-17(18(9-14)48-49(40,41)42)46-30-25(38)24(37)26(47-30)19(10-32)43-11-15-3-2-4-16(31)8-15/h2-10,19-28,30,32,34-38H,11-12H2,1H3,(H,33,39)(H2,40,41,42)/b13-7-,32-10?. The van der Waals surface area contributed by atoms with Crippen molar-refractivity contribution in [3.05, 3.63) is 64.2 Å². The molecule has 268 valence electrons. The number of phosphoric ester groups is 1. The number of aliphatic hydroxyl groups excluding tert-OH is 5. The first-order valence-corrected chi connectivity index (χ1v) is 16.8. The summed E-state index contributed by atoms with van der Waals surface area (Å²) >= 11 is 6.00. The van der Waals surface area contributed by atoms with E-state index in [2.05, 4.69) is 5.32 Å². The molecule has 17 nitrogen and oxygen atoms in total. The first-order chi connectivity index (χ1) is 23.2. The smallest absolute Gasteiger partial charge is 0.458 e. The lowest BCUT2D eigenvalue weighted by Gasteiger charge is -2.41. The Kier molecular flexibility index (Phi) is 11.8. The van der Waals surface area contributed by atoms with Gasteiger partial charge in [0.25, 0.3) is 0 Å². The van der Waals surface area contributed by atoms with Crippen LogP contribution in [0.15, 0.2) is 48.0 Å². The second-order valence-corrected chi connectivity index (χ2v) is 13.2. The minimum absolute atomic E-state index is 0.00434. The van der Waals surface area contributed by atoms with Gasteiger partial charge in [-0.3, -0.25) is 14.6 Å². The van der Waals surface area contributed by atoms with E-state index < -0.39 is 86.7 Å². The summed E-state index contributed by atoms with van der Waals surface area (Å²) in [4.78, 5) is 32.1. The van der Waals surface area contributed by atoms with Crippen molar-refractivity contribution in [2.45, 2.75) is 80.8 Å².